The molecular formula is C16H32IN5OS. The molecule has 1 unspecified atom stereocenters. The summed E-state index contributed by atoms with van der Waals surface area (Å²) in [6.07, 6.45) is 3.18. The molecule has 0 aromatic rings. The molecule has 2 aliphatic rings. The van der Waals surface area contributed by atoms with Crippen LogP contribution in [0.25, 0.3) is 0 Å². The molecule has 6 nitrogen and oxygen atoms in total. The van der Waals surface area contributed by atoms with Gasteiger partial charge in [-0.2, -0.15) is 11.8 Å². The zero-order valence-corrected chi connectivity index (χ0v) is 18.4. The number of hydrogen-bond acceptors (Lipinski definition) is 4. The summed E-state index contributed by atoms with van der Waals surface area (Å²) in [7, 11) is 6.16. The van der Waals surface area contributed by atoms with E-state index in [9.17, 15) is 4.79 Å². The van der Waals surface area contributed by atoms with Gasteiger partial charge in [0.1, 0.15) is 0 Å². The van der Waals surface area contributed by atoms with Gasteiger partial charge in [0.05, 0.1) is 0 Å². The van der Waals surface area contributed by atoms with Crippen LogP contribution in [0.3, 0.4) is 0 Å². The molecule has 0 spiro atoms. The summed E-state index contributed by atoms with van der Waals surface area (Å²) in [5, 5.41) is 7.04. The molecule has 140 valence electrons. The third-order valence-electron chi connectivity index (χ3n) is 5.12. The van der Waals surface area contributed by atoms with Crippen LogP contribution in [0.5, 0.6) is 0 Å². The van der Waals surface area contributed by atoms with E-state index in [1.165, 1.54) is 17.9 Å². The number of amides is 1. The number of rotatable bonds is 4. The quantitative estimate of drug-likeness (QED) is 0.369. The van der Waals surface area contributed by atoms with Gasteiger partial charge < -0.3 is 20.4 Å². The molecule has 0 radical (unpaired) electrons. The average Bonchev–Trinajstić information content (AvgIpc) is 3.02. The van der Waals surface area contributed by atoms with Crippen molar-refractivity contribution < 1.29 is 4.79 Å². The number of piperidine rings is 1. The van der Waals surface area contributed by atoms with E-state index >= 15 is 0 Å². The SMILES string of the molecule is CN=C(NCC1(N(C)C)CCSC1)NC1CCN(C(C)=O)CC1.I. The second-order valence-corrected chi connectivity index (χ2v) is 7.88. The van der Waals surface area contributed by atoms with Crippen LogP contribution < -0.4 is 10.6 Å². The zero-order valence-electron chi connectivity index (χ0n) is 15.3. The topological polar surface area (TPSA) is 60.0 Å². The van der Waals surface area contributed by atoms with Gasteiger partial charge in [0.2, 0.25) is 5.91 Å². The number of nitrogens with zero attached hydrogens (tertiary/aromatic N) is 3. The predicted molar refractivity (Wildman–Crippen MR) is 114 cm³/mol. The van der Waals surface area contributed by atoms with Crippen molar-refractivity contribution >= 4 is 47.6 Å². The minimum Gasteiger partial charge on any atom is -0.355 e. The van der Waals surface area contributed by atoms with Crippen molar-refractivity contribution in [3.05, 3.63) is 0 Å². The maximum absolute atomic E-state index is 11.4. The van der Waals surface area contributed by atoms with Gasteiger partial charge in [-0.05, 0) is 39.1 Å². The van der Waals surface area contributed by atoms with Crippen molar-refractivity contribution in [3.8, 4) is 0 Å². The first-order chi connectivity index (χ1) is 11.0. The van der Waals surface area contributed by atoms with E-state index in [4.69, 9.17) is 0 Å². The highest BCUT2D eigenvalue weighted by Gasteiger charge is 2.36. The fourth-order valence-corrected chi connectivity index (χ4v) is 4.77. The molecule has 0 aliphatic carbocycles. The maximum Gasteiger partial charge on any atom is 0.219 e. The highest BCUT2D eigenvalue weighted by Crippen LogP contribution is 2.31. The Morgan fingerprint density at radius 2 is 2.04 bits per heavy atom. The van der Waals surface area contributed by atoms with Gasteiger partial charge >= 0.3 is 0 Å². The van der Waals surface area contributed by atoms with Crippen LogP contribution in [-0.2, 0) is 4.79 Å². The number of likely N-dealkylation sites (tertiary alicyclic amines) is 1. The van der Waals surface area contributed by atoms with Crippen molar-refractivity contribution in [2.75, 3.05) is 52.3 Å². The molecule has 0 saturated carbocycles. The molecule has 8 heteroatoms. The summed E-state index contributed by atoms with van der Waals surface area (Å²) in [4.78, 5) is 20.0. The Balaban J connectivity index is 0.00000288. The smallest absolute Gasteiger partial charge is 0.219 e. The second-order valence-electron chi connectivity index (χ2n) is 6.77. The molecule has 2 fully saturated rings. The van der Waals surface area contributed by atoms with E-state index in [1.807, 2.05) is 23.7 Å². The number of guanidine groups is 1. The minimum atomic E-state index is 0. The van der Waals surface area contributed by atoms with Crippen LogP contribution in [-0.4, -0.2) is 85.5 Å². The summed E-state index contributed by atoms with van der Waals surface area (Å²) in [5.41, 5.74) is 0.223. The fourth-order valence-electron chi connectivity index (χ4n) is 3.22. The molecule has 2 rings (SSSR count). The Labute approximate surface area is 167 Å². The standard InChI is InChI=1S/C16H31N5OS.HI/c1-13(22)21-8-5-14(6-9-21)19-15(17-2)18-11-16(20(3)4)7-10-23-12-16;/h14H,5-12H2,1-4H3,(H2,17,18,19);1H. The number of halogens is 1. The van der Waals surface area contributed by atoms with Gasteiger partial charge in [-0.15, -0.1) is 24.0 Å². The first-order valence-electron chi connectivity index (χ1n) is 8.45. The fraction of sp³-hybridized carbons (Fsp3) is 0.875. The summed E-state index contributed by atoms with van der Waals surface area (Å²) in [5.74, 6) is 3.46. The summed E-state index contributed by atoms with van der Waals surface area (Å²) in [6.45, 7) is 4.23. The molecule has 24 heavy (non-hydrogen) atoms. The van der Waals surface area contributed by atoms with Crippen molar-refractivity contribution in [2.45, 2.75) is 37.8 Å². The van der Waals surface area contributed by atoms with Crippen LogP contribution in [0.15, 0.2) is 4.99 Å². The van der Waals surface area contributed by atoms with Gasteiger partial charge in [-0.3, -0.25) is 9.79 Å². The normalized spacial score (nSPS) is 25.5. The van der Waals surface area contributed by atoms with E-state index in [2.05, 4.69) is 34.6 Å². The molecule has 0 bridgehead atoms. The molecular weight excluding hydrogens is 437 g/mol. The van der Waals surface area contributed by atoms with Crippen LogP contribution in [0.2, 0.25) is 0 Å². The molecule has 2 heterocycles. The molecule has 2 aliphatic heterocycles. The number of likely N-dealkylation sites (N-methyl/N-ethyl adjacent to an activating group) is 1. The van der Waals surface area contributed by atoms with E-state index in [0.29, 0.717) is 6.04 Å². The summed E-state index contributed by atoms with van der Waals surface area (Å²) in [6, 6.07) is 0.394. The molecule has 2 saturated heterocycles. The maximum atomic E-state index is 11.4. The van der Waals surface area contributed by atoms with Crippen LogP contribution in [0, 0.1) is 0 Å². The van der Waals surface area contributed by atoms with Crippen LogP contribution in [0.1, 0.15) is 26.2 Å². The van der Waals surface area contributed by atoms with E-state index in [1.54, 1.807) is 6.92 Å². The average molecular weight is 469 g/mol. The van der Waals surface area contributed by atoms with Gasteiger partial charge in [-0.25, -0.2) is 0 Å². The number of aliphatic imine (C=N–C) groups is 1. The lowest BCUT2D eigenvalue weighted by Gasteiger charge is -2.37. The zero-order chi connectivity index (χ0) is 16.9. The van der Waals surface area contributed by atoms with E-state index in [0.717, 1.165) is 38.4 Å². The lowest BCUT2D eigenvalue weighted by molar-refractivity contribution is -0.129. The molecule has 0 aromatic heterocycles. The van der Waals surface area contributed by atoms with Crippen molar-refractivity contribution in [2.24, 2.45) is 4.99 Å². The number of carbonyl (C=O) groups excluding carboxylic acids is 1. The first-order valence-corrected chi connectivity index (χ1v) is 9.60. The van der Waals surface area contributed by atoms with Gasteiger partial charge in [0.15, 0.2) is 5.96 Å². The number of carbonyl (C=O) groups is 1. The molecule has 1 amide bonds. The second kappa shape index (κ2) is 10.1. The number of nitrogens with one attached hydrogen (secondary N) is 2. The third-order valence-corrected chi connectivity index (χ3v) is 6.36. The largest absolute Gasteiger partial charge is 0.355 e. The number of thioether (sulfide) groups is 1. The van der Waals surface area contributed by atoms with Gasteiger partial charge in [0, 0.05) is 50.9 Å². The van der Waals surface area contributed by atoms with Gasteiger partial charge in [-0.1, -0.05) is 0 Å². The van der Waals surface area contributed by atoms with Gasteiger partial charge in [0.25, 0.3) is 0 Å². The Bertz CT molecular complexity index is 432. The van der Waals surface area contributed by atoms with E-state index in [-0.39, 0.29) is 35.4 Å². The lowest BCUT2D eigenvalue weighted by Crippen LogP contribution is -2.56. The highest BCUT2D eigenvalue weighted by atomic mass is 127. The van der Waals surface area contributed by atoms with Crippen molar-refractivity contribution in [1.82, 2.24) is 20.4 Å². The van der Waals surface area contributed by atoms with E-state index < -0.39 is 0 Å². The monoisotopic (exact) mass is 469 g/mol. The Kier molecular flexibility index (Phi) is 9.14. The van der Waals surface area contributed by atoms with Crippen LogP contribution >= 0.6 is 35.7 Å². The third kappa shape index (κ3) is 5.66. The predicted octanol–water partition coefficient (Wildman–Crippen LogP) is 1.22. The molecule has 1 atom stereocenters. The number of hydrogen-bond donors (Lipinski definition) is 2. The first kappa shape index (κ1) is 21.8. The summed E-state index contributed by atoms with van der Waals surface area (Å²) < 4.78 is 0. The minimum absolute atomic E-state index is 0. The molecule has 0 aromatic carbocycles. The van der Waals surface area contributed by atoms with Crippen LogP contribution in [0.4, 0.5) is 0 Å². The highest BCUT2D eigenvalue weighted by molar-refractivity contribution is 14.0. The Hall–Kier alpha value is -0.220. The van der Waals surface area contributed by atoms with Crippen molar-refractivity contribution in [3.63, 3.8) is 0 Å². The Morgan fingerprint density at radius 1 is 1.38 bits per heavy atom. The Morgan fingerprint density at radius 3 is 2.50 bits per heavy atom. The van der Waals surface area contributed by atoms with Crippen molar-refractivity contribution in [1.29, 1.82) is 0 Å². The lowest BCUT2D eigenvalue weighted by atomic mass is 9.97. The summed E-state index contributed by atoms with van der Waals surface area (Å²) >= 11 is 2.03. The molecule has 2 N–H and O–H groups in total.